The van der Waals surface area contributed by atoms with Gasteiger partial charge in [0.2, 0.25) is 0 Å². The van der Waals surface area contributed by atoms with E-state index in [0.717, 1.165) is 11.8 Å². The van der Waals surface area contributed by atoms with E-state index in [1.165, 1.54) is 51.4 Å². The molecule has 0 N–H and O–H groups in total. The lowest BCUT2D eigenvalue weighted by Crippen LogP contribution is -2.34. The van der Waals surface area contributed by atoms with E-state index < -0.39 is 0 Å². The van der Waals surface area contributed by atoms with Crippen molar-refractivity contribution in [3.63, 3.8) is 0 Å². The van der Waals surface area contributed by atoms with Crippen LogP contribution < -0.4 is 0 Å². The Morgan fingerprint density at radius 3 is 2.00 bits per heavy atom. The molecule has 2 aliphatic rings. The highest BCUT2D eigenvalue weighted by Gasteiger charge is 2.37. The predicted octanol–water partition coefficient (Wildman–Crippen LogP) is 5.98. The van der Waals surface area contributed by atoms with Crippen molar-refractivity contribution in [1.29, 1.82) is 0 Å². The summed E-state index contributed by atoms with van der Waals surface area (Å²) in [6, 6.07) is 0. The van der Waals surface area contributed by atoms with Gasteiger partial charge >= 0.3 is 0 Å². The number of hydrogen-bond donors (Lipinski definition) is 0. The zero-order chi connectivity index (χ0) is 13.2. The van der Waals surface area contributed by atoms with Gasteiger partial charge in [-0.3, -0.25) is 0 Å². The molecule has 0 aromatic carbocycles. The average molecular weight is 248 g/mol. The maximum Gasteiger partial charge on any atom is -0.0326 e. The first-order valence-electron chi connectivity index (χ1n) is 8.04. The van der Waals surface area contributed by atoms with Gasteiger partial charge in [-0.1, -0.05) is 39.8 Å². The lowest BCUT2D eigenvalue weighted by Gasteiger charge is -2.44. The van der Waals surface area contributed by atoms with Crippen LogP contribution in [0, 0.1) is 22.7 Å². The molecule has 0 aromatic rings. The van der Waals surface area contributed by atoms with E-state index in [1.54, 1.807) is 0 Å². The summed E-state index contributed by atoms with van der Waals surface area (Å²) in [7, 11) is 0. The number of allylic oxidation sites excluding steroid dienone is 2. The molecule has 1 unspecified atom stereocenters. The van der Waals surface area contributed by atoms with Crippen molar-refractivity contribution in [1.82, 2.24) is 0 Å². The van der Waals surface area contributed by atoms with Gasteiger partial charge in [-0.2, -0.15) is 0 Å². The molecule has 0 nitrogen and oxygen atoms in total. The molecule has 0 bridgehead atoms. The van der Waals surface area contributed by atoms with Crippen LogP contribution in [0.5, 0.6) is 0 Å². The fourth-order valence-electron chi connectivity index (χ4n) is 4.03. The maximum atomic E-state index is 2.44. The van der Waals surface area contributed by atoms with Crippen LogP contribution in [-0.4, -0.2) is 0 Å². The van der Waals surface area contributed by atoms with Crippen molar-refractivity contribution in [2.75, 3.05) is 0 Å². The van der Waals surface area contributed by atoms with Crippen molar-refractivity contribution < 1.29 is 0 Å². The van der Waals surface area contributed by atoms with E-state index in [0.29, 0.717) is 10.8 Å². The van der Waals surface area contributed by atoms with E-state index in [2.05, 4.69) is 39.8 Å². The number of hydrogen-bond acceptors (Lipinski definition) is 0. The average Bonchev–Trinajstić information content (AvgIpc) is 2.23. The number of rotatable bonds is 6. The molecule has 0 heteroatoms. The van der Waals surface area contributed by atoms with Crippen LogP contribution in [0.1, 0.15) is 79.1 Å². The normalized spacial score (nSPS) is 30.1. The van der Waals surface area contributed by atoms with Gasteiger partial charge in [0.05, 0.1) is 0 Å². The highest BCUT2D eigenvalue weighted by Crippen LogP contribution is 2.48. The van der Waals surface area contributed by atoms with Crippen LogP contribution in [0.15, 0.2) is 12.2 Å². The minimum Gasteiger partial charge on any atom is -0.0885 e. The van der Waals surface area contributed by atoms with E-state index >= 15 is 0 Å². The molecule has 0 aliphatic heterocycles. The Morgan fingerprint density at radius 1 is 0.944 bits per heavy atom. The Bertz CT molecular complexity index is 287. The first-order chi connectivity index (χ1) is 8.39. The first-order valence-corrected chi connectivity index (χ1v) is 8.04. The summed E-state index contributed by atoms with van der Waals surface area (Å²) >= 11 is 0. The molecule has 0 aromatic heterocycles. The second kappa shape index (κ2) is 5.39. The fraction of sp³-hybridized carbons (Fsp3) is 0.889. The Hall–Kier alpha value is -0.260. The summed E-state index contributed by atoms with van der Waals surface area (Å²) in [6.45, 7) is 9.67. The Balaban J connectivity index is 1.49. The SMILES string of the molecule is CC1(C)CC(CCC=CCCC2CCC2(C)C)C1. The summed E-state index contributed by atoms with van der Waals surface area (Å²) in [5.41, 5.74) is 1.30. The summed E-state index contributed by atoms with van der Waals surface area (Å²) in [6.07, 6.45) is 16.2. The standard InChI is InChI=1S/C18H32/c1-17(2)13-15(14-17)9-7-5-6-8-10-16-11-12-18(16,3)4/h5-6,15-16H,7-14H2,1-4H3. The molecule has 104 valence electrons. The molecule has 0 saturated heterocycles. The molecule has 2 rings (SSSR count). The minimum atomic E-state index is 0.644. The predicted molar refractivity (Wildman–Crippen MR) is 80.6 cm³/mol. The molecule has 1 atom stereocenters. The van der Waals surface area contributed by atoms with E-state index in [9.17, 15) is 0 Å². The third-order valence-corrected chi connectivity index (χ3v) is 5.51. The molecular weight excluding hydrogens is 216 g/mol. The zero-order valence-corrected chi connectivity index (χ0v) is 13.0. The fourth-order valence-corrected chi connectivity index (χ4v) is 4.03. The van der Waals surface area contributed by atoms with Crippen molar-refractivity contribution in [2.45, 2.75) is 79.1 Å². The van der Waals surface area contributed by atoms with Gasteiger partial charge in [0.1, 0.15) is 0 Å². The second-order valence-corrected chi connectivity index (χ2v) is 8.29. The smallest absolute Gasteiger partial charge is 0.0326 e. The largest absolute Gasteiger partial charge is 0.0885 e. The quantitative estimate of drug-likeness (QED) is 0.508. The summed E-state index contributed by atoms with van der Waals surface area (Å²) in [5.74, 6) is 2.02. The van der Waals surface area contributed by atoms with Gasteiger partial charge in [-0.25, -0.2) is 0 Å². The van der Waals surface area contributed by atoms with Crippen molar-refractivity contribution in [3.8, 4) is 0 Å². The molecule has 0 spiro atoms. The maximum absolute atomic E-state index is 2.44. The highest BCUT2D eigenvalue weighted by molar-refractivity contribution is 4.92. The van der Waals surface area contributed by atoms with Crippen LogP contribution in [0.25, 0.3) is 0 Å². The van der Waals surface area contributed by atoms with Crippen molar-refractivity contribution in [3.05, 3.63) is 12.2 Å². The van der Waals surface area contributed by atoms with Gasteiger partial charge in [0.25, 0.3) is 0 Å². The zero-order valence-electron chi connectivity index (χ0n) is 13.0. The van der Waals surface area contributed by atoms with E-state index in [4.69, 9.17) is 0 Å². The topological polar surface area (TPSA) is 0 Å². The van der Waals surface area contributed by atoms with Gasteiger partial charge in [0, 0.05) is 0 Å². The van der Waals surface area contributed by atoms with E-state index in [1.807, 2.05) is 0 Å². The van der Waals surface area contributed by atoms with Crippen LogP contribution in [0.2, 0.25) is 0 Å². The summed E-state index contributed by atoms with van der Waals surface area (Å²) in [5, 5.41) is 0. The lowest BCUT2D eigenvalue weighted by atomic mass is 9.61. The Labute approximate surface area is 114 Å². The van der Waals surface area contributed by atoms with Gasteiger partial charge in [-0.15, -0.1) is 0 Å². The molecule has 0 amide bonds. The highest BCUT2D eigenvalue weighted by atomic mass is 14.4. The van der Waals surface area contributed by atoms with Crippen molar-refractivity contribution in [2.24, 2.45) is 22.7 Å². The third kappa shape index (κ3) is 3.62. The Kier molecular flexibility index (Phi) is 4.24. The molecular formula is C18H32. The lowest BCUT2D eigenvalue weighted by molar-refractivity contribution is 0.0656. The van der Waals surface area contributed by atoms with Crippen LogP contribution >= 0.6 is 0 Å². The monoisotopic (exact) mass is 248 g/mol. The van der Waals surface area contributed by atoms with Crippen LogP contribution in [0.3, 0.4) is 0 Å². The molecule has 2 saturated carbocycles. The molecule has 18 heavy (non-hydrogen) atoms. The third-order valence-electron chi connectivity index (χ3n) is 5.51. The molecule has 2 aliphatic carbocycles. The molecule has 0 heterocycles. The minimum absolute atomic E-state index is 0.644. The van der Waals surface area contributed by atoms with Crippen LogP contribution in [-0.2, 0) is 0 Å². The van der Waals surface area contributed by atoms with Crippen LogP contribution in [0.4, 0.5) is 0 Å². The molecule has 2 fully saturated rings. The summed E-state index contributed by atoms with van der Waals surface area (Å²) < 4.78 is 0. The second-order valence-electron chi connectivity index (χ2n) is 8.29. The first kappa shape index (κ1) is 14.2. The van der Waals surface area contributed by atoms with E-state index in [-0.39, 0.29) is 0 Å². The summed E-state index contributed by atoms with van der Waals surface area (Å²) in [4.78, 5) is 0. The van der Waals surface area contributed by atoms with Crippen molar-refractivity contribution >= 4 is 0 Å². The van der Waals surface area contributed by atoms with Gasteiger partial charge in [-0.05, 0) is 74.0 Å². The molecule has 0 radical (unpaired) electrons. The van der Waals surface area contributed by atoms with Gasteiger partial charge in [0.15, 0.2) is 0 Å². The van der Waals surface area contributed by atoms with Gasteiger partial charge < -0.3 is 0 Å². The Morgan fingerprint density at radius 2 is 1.56 bits per heavy atom.